The Kier molecular flexibility index (Phi) is 4.58. The number of nitrogens with zero attached hydrogens (tertiary/aromatic N) is 1. The predicted molar refractivity (Wildman–Crippen MR) is 57.9 cm³/mol. The summed E-state index contributed by atoms with van der Waals surface area (Å²) < 4.78 is 0. The normalized spacial score (nSPS) is 11.8. The maximum atomic E-state index is 11.5. The topological polar surface area (TPSA) is 117 Å². The van der Waals surface area contributed by atoms with Crippen molar-refractivity contribution in [2.75, 3.05) is 0 Å². The van der Waals surface area contributed by atoms with Crippen molar-refractivity contribution in [2.24, 2.45) is 0 Å². The van der Waals surface area contributed by atoms with Crippen molar-refractivity contribution in [1.29, 1.82) is 0 Å². The molecule has 1 rings (SSSR count). The number of carbonyl (C=O) groups excluding carboxylic acids is 1. The molecule has 0 fully saturated rings. The lowest BCUT2D eigenvalue weighted by atomic mass is 10.1. The Morgan fingerprint density at radius 1 is 1.41 bits per heavy atom. The van der Waals surface area contributed by atoms with Gasteiger partial charge in [0.1, 0.15) is 10.9 Å². The molecule has 0 saturated heterocycles. The molecule has 8 heteroatoms. The zero-order valence-corrected chi connectivity index (χ0v) is 9.44. The van der Waals surface area contributed by atoms with Gasteiger partial charge in [0.25, 0.3) is 5.91 Å². The van der Waals surface area contributed by atoms with Crippen molar-refractivity contribution in [3.63, 3.8) is 0 Å². The van der Waals surface area contributed by atoms with Crippen LogP contribution in [0.15, 0.2) is 11.7 Å². The second-order valence-corrected chi connectivity index (χ2v) is 4.05. The van der Waals surface area contributed by atoms with Crippen molar-refractivity contribution in [1.82, 2.24) is 10.3 Å². The lowest BCUT2D eigenvalue weighted by molar-refractivity contribution is -0.140. The van der Waals surface area contributed by atoms with Crippen LogP contribution in [0.1, 0.15) is 22.5 Å². The molecule has 1 aromatic rings. The minimum absolute atomic E-state index is 0.158. The SMILES string of the molecule is O=C(O)CC[C@H](NC(=O)c1cncs1)C(=O)O. The molecule has 1 heterocycles. The van der Waals surface area contributed by atoms with Crippen LogP contribution in [0.3, 0.4) is 0 Å². The largest absolute Gasteiger partial charge is 0.481 e. The molecule has 1 atom stereocenters. The van der Waals surface area contributed by atoms with Gasteiger partial charge in [-0.05, 0) is 6.42 Å². The van der Waals surface area contributed by atoms with E-state index in [0.717, 1.165) is 11.3 Å². The number of hydrogen-bond acceptors (Lipinski definition) is 5. The molecule has 92 valence electrons. The summed E-state index contributed by atoms with van der Waals surface area (Å²) in [6.07, 6.45) is 0.839. The molecule has 0 bridgehead atoms. The summed E-state index contributed by atoms with van der Waals surface area (Å²) in [6, 6.07) is -1.21. The first-order valence-corrected chi connectivity index (χ1v) is 5.52. The molecule has 0 aromatic carbocycles. The summed E-state index contributed by atoms with van der Waals surface area (Å²) in [4.78, 5) is 36.6. The highest BCUT2D eigenvalue weighted by molar-refractivity contribution is 7.11. The molecule has 1 aromatic heterocycles. The molecule has 7 nitrogen and oxygen atoms in total. The number of aromatic nitrogens is 1. The van der Waals surface area contributed by atoms with Gasteiger partial charge in [0, 0.05) is 6.42 Å². The van der Waals surface area contributed by atoms with Gasteiger partial charge < -0.3 is 15.5 Å². The predicted octanol–water partition coefficient (Wildman–Crippen LogP) is 0.191. The minimum Gasteiger partial charge on any atom is -0.481 e. The van der Waals surface area contributed by atoms with Crippen molar-refractivity contribution in [3.05, 3.63) is 16.6 Å². The van der Waals surface area contributed by atoms with Crippen LogP contribution >= 0.6 is 11.3 Å². The van der Waals surface area contributed by atoms with E-state index >= 15 is 0 Å². The molecule has 0 radical (unpaired) electrons. The van der Waals surface area contributed by atoms with E-state index in [-0.39, 0.29) is 17.7 Å². The van der Waals surface area contributed by atoms with E-state index in [1.807, 2.05) is 0 Å². The van der Waals surface area contributed by atoms with E-state index in [2.05, 4.69) is 10.3 Å². The minimum atomic E-state index is -1.26. The van der Waals surface area contributed by atoms with E-state index in [1.54, 1.807) is 0 Å². The molecule has 0 aliphatic rings. The lowest BCUT2D eigenvalue weighted by Crippen LogP contribution is -2.40. The molecule has 0 aliphatic heterocycles. The van der Waals surface area contributed by atoms with Crippen molar-refractivity contribution < 1.29 is 24.6 Å². The maximum Gasteiger partial charge on any atom is 0.326 e. The van der Waals surface area contributed by atoms with Crippen LogP contribution < -0.4 is 5.32 Å². The number of aliphatic carboxylic acids is 2. The fourth-order valence-corrected chi connectivity index (χ4v) is 1.61. The van der Waals surface area contributed by atoms with E-state index in [9.17, 15) is 14.4 Å². The van der Waals surface area contributed by atoms with Crippen LogP contribution in [-0.2, 0) is 9.59 Å². The number of nitrogens with one attached hydrogen (secondary N) is 1. The molecule has 0 unspecified atom stereocenters. The Balaban J connectivity index is 2.58. The van der Waals surface area contributed by atoms with E-state index in [0.29, 0.717) is 0 Å². The summed E-state index contributed by atoms with van der Waals surface area (Å²) >= 11 is 1.08. The first-order valence-electron chi connectivity index (χ1n) is 4.64. The van der Waals surface area contributed by atoms with Gasteiger partial charge in [-0.3, -0.25) is 14.6 Å². The zero-order valence-electron chi connectivity index (χ0n) is 8.62. The zero-order chi connectivity index (χ0) is 12.8. The number of thiazole rings is 1. The lowest BCUT2D eigenvalue weighted by Gasteiger charge is -2.12. The van der Waals surface area contributed by atoms with Crippen molar-refractivity contribution in [2.45, 2.75) is 18.9 Å². The molecule has 17 heavy (non-hydrogen) atoms. The second-order valence-electron chi connectivity index (χ2n) is 3.16. The van der Waals surface area contributed by atoms with Crippen LogP contribution in [0.25, 0.3) is 0 Å². The first kappa shape index (κ1) is 13.1. The number of carboxylic acid groups (broad SMARTS) is 2. The van der Waals surface area contributed by atoms with Crippen LogP contribution in [0, 0.1) is 0 Å². The molecule has 0 spiro atoms. The molecule has 0 aliphatic carbocycles. The third-order valence-electron chi connectivity index (χ3n) is 1.91. The number of carbonyl (C=O) groups is 3. The standard InChI is InChI=1S/C9H10N2O5S/c12-7(13)2-1-5(9(15)16)11-8(14)6-3-10-4-17-6/h3-5H,1-2H2,(H,11,14)(H,12,13)(H,15,16)/t5-/m0/s1. The number of amides is 1. The number of hydrogen-bond donors (Lipinski definition) is 3. The third kappa shape index (κ3) is 4.19. The van der Waals surface area contributed by atoms with Gasteiger partial charge in [-0.1, -0.05) is 0 Å². The van der Waals surface area contributed by atoms with Gasteiger partial charge in [0.05, 0.1) is 11.7 Å². The maximum absolute atomic E-state index is 11.5. The Bertz CT molecular complexity index is 417. The molecule has 3 N–H and O–H groups in total. The van der Waals surface area contributed by atoms with Crippen LogP contribution in [-0.4, -0.2) is 39.1 Å². The quantitative estimate of drug-likeness (QED) is 0.670. The van der Waals surface area contributed by atoms with Gasteiger partial charge in [-0.2, -0.15) is 0 Å². The summed E-state index contributed by atoms with van der Waals surface area (Å²) in [5.74, 6) is -2.93. The fraction of sp³-hybridized carbons (Fsp3) is 0.333. The van der Waals surface area contributed by atoms with Crippen LogP contribution in [0.5, 0.6) is 0 Å². The van der Waals surface area contributed by atoms with Gasteiger partial charge in [0.15, 0.2) is 0 Å². The fourth-order valence-electron chi connectivity index (χ4n) is 1.08. The molecular weight excluding hydrogens is 248 g/mol. The number of rotatable bonds is 6. The summed E-state index contributed by atoms with van der Waals surface area (Å²) in [5.41, 5.74) is 1.45. The summed E-state index contributed by atoms with van der Waals surface area (Å²) in [6.45, 7) is 0. The van der Waals surface area contributed by atoms with Gasteiger partial charge in [-0.25, -0.2) is 4.79 Å². The van der Waals surface area contributed by atoms with Crippen LogP contribution in [0.4, 0.5) is 0 Å². The Morgan fingerprint density at radius 3 is 2.59 bits per heavy atom. The Morgan fingerprint density at radius 2 is 2.12 bits per heavy atom. The highest BCUT2D eigenvalue weighted by atomic mass is 32.1. The third-order valence-corrected chi connectivity index (χ3v) is 2.68. The smallest absolute Gasteiger partial charge is 0.326 e. The Labute approximate surface area is 100 Å². The van der Waals surface area contributed by atoms with Crippen molar-refractivity contribution >= 4 is 29.2 Å². The monoisotopic (exact) mass is 258 g/mol. The van der Waals surface area contributed by atoms with Crippen LogP contribution in [0.2, 0.25) is 0 Å². The van der Waals surface area contributed by atoms with Crippen molar-refractivity contribution in [3.8, 4) is 0 Å². The Hall–Kier alpha value is -1.96. The van der Waals surface area contributed by atoms with E-state index in [4.69, 9.17) is 10.2 Å². The van der Waals surface area contributed by atoms with E-state index in [1.165, 1.54) is 11.7 Å². The van der Waals surface area contributed by atoms with Gasteiger partial charge in [0.2, 0.25) is 0 Å². The molecule has 0 saturated carbocycles. The average molecular weight is 258 g/mol. The number of carboxylic acids is 2. The average Bonchev–Trinajstić information content (AvgIpc) is 2.76. The highest BCUT2D eigenvalue weighted by Gasteiger charge is 2.21. The van der Waals surface area contributed by atoms with E-state index < -0.39 is 23.9 Å². The molecule has 1 amide bonds. The molecular formula is C9H10N2O5S. The summed E-state index contributed by atoms with van der Waals surface area (Å²) in [5, 5.41) is 19.5. The van der Waals surface area contributed by atoms with Gasteiger partial charge >= 0.3 is 11.9 Å². The summed E-state index contributed by atoms with van der Waals surface area (Å²) in [7, 11) is 0. The second kappa shape index (κ2) is 5.94. The van der Waals surface area contributed by atoms with Gasteiger partial charge in [-0.15, -0.1) is 11.3 Å². The first-order chi connectivity index (χ1) is 8.00. The highest BCUT2D eigenvalue weighted by Crippen LogP contribution is 2.06.